The van der Waals surface area contributed by atoms with E-state index in [2.05, 4.69) is 32.0 Å². The van der Waals surface area contributed by atoms with Crippen molar-refractivity contribution in [2.45, 2.75) is 52.9 Å². The lowest BCUT2D eigenvalue weighted by atomic mass is 9.77. The zero-order valence-electron chi connectivity index (χ0n) is 19.5. The van der Waals surface area contributed by atoms with Gasteiger partial charge in [0, 0.05) is 12.6 Å². The number of hydrogen-bond acceptors (Lipinski definition) is 4. The van der Waals surface area contributed by atoms with Gasteiger partial charge < -0.3 is 15.2 Å². The van der Waals surface area contributed by atoms with Crippen molar-refractivity contribution in [1.29, 1.82) is 5.41 Å². The van der Waals surface area contributed by atoms with Crippen LogP contribution in [-0.4, -0.2) is 37.2 Å². The van der Waals surface area contributed by atoms with Crippen LogP contribution in [0.2, 0.25) is 0 Å². The Hall–Kier alpha value is -2.86. The number of carbonyl (C=O) groups excluding carboxylic acids is 1. The Morgan fingerprint density at radius 1 is 1.10 bits per heavy atom. The predicted octanol–water partition coefficient (Wildman–Crippen LogP) is 4.75. The van der Waals surface area contributed by atoms with E-state index in [0.717, 1.165) is 23.1 Å². The number of aryl methyl sites for hydroxylation is 2. The maximum absolute atomic E-state index is 13.3. The zero-order chi connectivity index (χ0) is 23.2. The van der Waals surface area contributed by atoms with Crippen LogP contribution in [0.4, 0.5) is 0 Å². The first kappa shape index (κ1) is 24.4. The van der Waals surface area contributed by atoms with Crippen LogP contribution in [0.3, 0.4) is 0 Å². The molecule has 0 saturated heterocycles. The third kappa shape index (κ3) is 5.64. The number of carbonyl (C=O) groups is 1. The van der Waals surface area contributed by atoms with E-state index >= 15 is 0 Å². The van der Waals surface area contributed by atoms with Crippen LogP contribution in [-0.2, 0) is 14.9 Å². The summed E-state index contributed by atoms with van der Waals surface area (Å²) < 4.78 is 11.4. The molecular weight excluding hydrogens is 390 g/mol. The molecule has 31 heavy (non-hydrogen) atoms. The summed E-state index contributed by atoms with van der Waals surface area (Å²) in [5, 5.41) is 7.71. The van der Waals surface area contributed by atoms with Gasteiger partial charge in [-0.15, -0.1) is 0 Å². The molecule has 0 bridgehead atoms. The molecule has 1 atom stereocenters. The highest BCUT2D eigenvalue weighted by molar-refractivity contribution is 6.00. The topological polar surface area (TPSA) is 88.6 Å². The van der Waals surface area contributed by atoms with E-state index in [-0.39, 0.29) is 18.7 Å². The van der Waals surface area contributed by atoms with Crippen LogP contribution in [0, 0.1) is 19.3 Å². The van der Waals surface area contributed by atoms with Crippen LogP contribution in [0.25, 0.3) is 11.1 Å². The molecule has 0 aromatic heterocycles. The fourth-order valence-corrected chi connectivity index (χ4v) is 3.65. The number of likely N-dealkylation sites (N-methyl/N-ethyl adjacent to an activating group) is 1. The van der Waals surface area contributed by atoms with Crippen LogP contribution in [0.1, 0.15) is 50.3 Å². The van der Waals surface area contributed by atoms with E-state index in [4.69, 9.17) is 20.6 Å². The van der Waals surface area contributed by atoms with Crippen molar-refractivity contribution >= 4 is 11.9 Å². The number of nitrogens with two attached hydrogens (primary N) is 1. The van der Waals surface area contributed by atoms with E-state index in [1.165, 1.54) is 23.1 Å². The number of rotatable bonds is 9. The molecule has 1 amide bonds. The van der Waals surface area contributed by atoms with Crippen molar-refractivity contribution in [3.05, 3.63) is 53.1 Å². The van der Waals surface area contributed by atoms with Crippen molar-refractivity contribution in [3.8, 4) is 16.9 Å². The van der Waals surface area contributed by atoms with E-state index in [1.807, 2.05) is 39.0 Å². The molecule has 2 aromatic rings. The normalized spacial score (nSPS) is 12.8. The molecule has 0 aliphatic rings. The Labute approximate surface area is 185 Å². The molecule has 6 nitrogen and oxygen atoms in total. The summed E-state index contributed by atoms with van der Waals surface area (Å²) in [6, 6.07) is 12.3. The summed E-state index contributed by atoms with van der Waals surface area (Å²) in [5.41, 5.74) is 9.88. The molecule has 0 fully saturated rings. The van der Waals surface area contributed by atoms with Crippen molar-refractivity contribution in [3.63, 3.8) is 0 Å². The standard InChI is InChI=1S/C25H35N3O3/c1-7-11-30-16-31-22-10-9-19(20-13-17(3)12-18(4)14-20)15-21(22)25(5,8-2)23(29)28(6)24(26)27/h9-10,12-15H,7-8,11,16H2,1-6H3,(H3,26,27)/t25-/m1/s1. The number of ether oxygens (including phenoxy) is 2. The van der Waals surface area contributed by atoms with E-state index < -0.39 is 5.41 Å². The Morgan fingerprint density at radius 2 is 1.74 bits per heavy atom. The fraction of sp³-hybridized carbons (Fsp3) is 0.440. The monoisotopic (exact) mass is 425 g/mol. The largest absolute Gasteiger partial charge is 0.467 e. The molecule has 168 valence electrons. The van der Waals surface area contributed by atoms with Gasteiger partial charge in [0.1, 0.15) is 5.75 Å². The molecule has 0 radical (unpaired) electrons. The summed E-state index contributed by atoms with van der Waals surface area (Å²) in [4.78, 5) is 14.5. The lowest BCUT2D eigenvalue weighted by Crippen LogP contribution is -2.48. The molecule has 0 aliphatic carbocycles. The molecule has 0 saturated carbocycles. The zero-order valence-corrected chi connectivity index (χ0v) is 19.5. The third-order valence-corrected chi connectivity index (χ3v) is 5.62. The Balaban J connectivity index is 2.60. The number of amides is 1. The molecule has 6 heteroatoms. The van der Waals surface area contributed by atoms with Crippen molar-refractivity contribution < 1.29 is 14.3 Å². The van der Waals surface area contributed by atoms with Gasteiger partial charge in [-0.05, 0) is 56.9 Å². The number of nitrogens with zero attached hydrogens (tertiary/aromatic N) is 1. The smallest absolute Gasteiger partial charge is 0.239 e. The van der Waals surface area contributed by atoms with Gasteiger partial charge in [0.15, 0.2) is 12.8 Å². The summed E-state index contributed by atoms with van der Waals surface area (Å²) in [6.45, 7) is 10.7. The molecule has 2 aromatic carbocycles. The first-order valence-corrected chi connectivity index (χ1v) is 10.7. The minimum absolute atomic E-state index is 0.111. The Bertz CT molecular complexity index is 921. The van der Waals surface area contributed by atoms with Crippen molar-refractivity contribution in [1.82, 2.24) is 4.90 Å². The van der Waals surface area contributed by atoms with Gasteiger partial charge in [-0.3, -0.25) is 15.1 Å². The summed E-state index contributed by atoms with van der Waals surface area (Å²) in [7, 11) is 1.53. The number of nitrogens with one attached hydrogen (secondary N) is 1. The minimum atomic E-state index is -0.921. The van der Waals surface area contributed by atoms with Gasteiger partial charge in [-0.1, -0.05) is 49.2 Å². The van der Waals surface area contributed by atoms with E-state index in [1.54, 1.807) is 0 Å². The molecule has 0 aliphatic heterocycles. The number of benzene rings is 2. The van der Waals surface area contributed by atoms with Crippen molar-refractivity contribution in [2.24, 2.45) is 5.73 Å². The van der Waals surface area contributed by atoms with E-state index in [9.17, 15) is 4.79 Å². The first-order valence-electron chi connectivity index (χ1n) is 10.7. The highest BCUT2D eigenvalue weighted by Crippen LogP contribution is 2.39. The van der Waals surface area contributed by atoms with Gasteiger partial charge in [0.25, 0.3) is 0 Å². The summed E-state index contributed by atoms with van der Waals surface area (Å²) in [6.07, 6.45) is 1.42. The average Bonchev–Trinajstić information content (AvgIpc) is 2.74. The Morgan fingerprint density at radius 3 is 2.29 bits per heavy atom. The molecule has 0 heterocycles. The third-order valence-electron chi connectivity index (χ3n) is 5.62. The van der Waals surface area contributed by atoms with Gasteiger partial charge in [-0.2, -0.15) is 0 Å². The van der Waals surface area contributed by atoms with Crippen LogP contribution in [0.5, 0.6) is 5.75 Å². The van der Waals surface area contributed by atoms with Gasteiger partial charge in [-0.25, -0.2) is 0 Å². The van der Waals surface area contributed by atoms with Crippen LogP contribution < -0.4 is 10.5 Å². The quantitative estimate of drug-likeness (QED) is 0.263. The number of hydrogen-bond donors (Lipinski definition) is 2. The lowest BCUT2D eigenvalue weighted by molar-refractivity contribution is -0.132. The fourth-order valence-electron chi connectivity index (χ4n) is 3.65. The first-order chi connectivity index (χ1) is 14.6. The highest BCUT2D eigenvalue weighted by Gasteiger charge is 2.39. The SMILES string of the molecule is CCCOCOc1ccc(-c2cc(C)cc(C)c2)cc1[C@@](C)(CC)C(=O)N(C)C(=N)N. The summed E-state index contributed by atoms with van der Waals surface area (Å²) >= 11 is 0. The molecule has 0 spiro atoms. The Kier molecular flexibility index (Phi) is 8.22. The molecule has 2 rings (SSSR count). The predicted molar refractivity (Wildman–Crippen MR) is 125 cm³/mol. The van der Waals surface area contributed by atoms with Gasteiger partial charge >= 0.3 is 0 Å². The highest BCUT2D eigenvalue weighted by atomic mass is 16.7. The maximum Gasteiger partial charge on any atom is 0.239 e. The van der Waals surface area contributed by atoms with Crippen molar-refractivity contribution in [2.75, 3.05) is 20.4 Å². The van der Waals surface area contributed by atoms with Gasteiger partial charge in [0.2, 0.25) is 5.91 Å². The lowest BCUT2D eigenvalue weighted by Gasteiger charge is -2.33. The second kappa shape index (κ2) is 10.4. The molecular formula is C25H35N3O3. The maximum atomic E-state index is 13.3. The average molecular weight is 426 g/mol. The van der Waals surface area contributed by atoms with Crippen LogP contribution in [0.15, 0.2) is 36.4 Å². The van der Waals surface area contributed by atoms with E-state index in [0.29, 0.717) is 18.8 Å². The minimum Gasteiger partial charge on any atom is -0.467 e. The summed E-state index contributed by atoms with van der Waals surface area (Å²) in [5.74, 6) is 0.0576. The second-order valence-electron chi connectivity index (χ2n) is 8.19. The molecule has 3 N–H and O–H groups in total. The van der Waals surface area contributed by atoms with Crippen LogP contribution >= 0.6 is 0 Å². The number of guanidine groups is 1. The second-order valence-corrected chi connectivity index (χ2v) is 8.19. The van der Waals surface area contributed by atoms with Gasteiger partial charge in [0.05, 0.1) is 12.0 Å². The molecule has 0 unspecified atom stereocenters.